The third-order valence-corrected chi connectivity index (χ3v) is 4.33. The molecule has 2 N–H and O–H groups in total. The molecule has 104 valence electrons. The first-order valence-corrected chi connectivity index (χ1v) is 7.21. The Bertz CT molecular complexity index is 412. The zero-order valence-corrected chi connectivity index (χ0v) is 11.8. The molecule has 3 nitrogen and oxygen atoms in total. The maximum absolute atomic E-state index is 11.9. The van der Waals surface area contributed by atoms with E-state index in [0.29, 0.717) is 0 Å². The molecule has 3 heteroatoms. The molecule has 1 atom stereocenters. The summed E-state index contributed by atoms with van der Waals surface area (Å²) in [6.07, 6.45) is 4.69. The summed E-state index contributed by atoms with van der Waals surface area (Å²) >= 11 is 0. The number of nitrogens with zero attached hydrogens (tertiary/aromatic N) is 1. The van der Waals surface area contributed by atoms with E-state index in [1.54, 1.807) is 0 Å². The second kappa shape index (κ2) is 6.20. The van der Waals surface area contributed by atoms with E-state index in [2.05, 4.69) is 4.90 Å². The Kier molecular flexibility index (Phi) is 4.59. The lowest BCUT2D eigenvalue weighted by atomic mass is 9.78. The summed E-state index contributed by atoms with van der Waals surface area (Å²) in [6, 6.07) is 9.91. The Morgan fingerprint density at radius 1 is 1.21 bits per heavy atom. The van der Waals surface area contributed by atoms with Gasteiger partial charge in [0.25, 0.3) is 0 Å². The van der Waals surface area contributed by atoms with Gasteiger partial charge in [0, 0.05) is 0 Å². The van der Waals surface area contributed by atoms with Gasteiger partial charge in [-0.3, -0.25) is 4.79 Å². The van der Waals surface area contributed by atoms with Gasteiger partial charge in [0.15, 0.2) is 0 Å². The average Bonchev–Trinajstić information content (AvgIpc) is 2.46. The highest BCUT2D eigenvalue weighted by Gasteiger charge is 2.33. The van der Waals surface area contributed by atoms with Crippen molar-refractivity contribution in [3.63, 3.8) is 0 Å². The molecular formula is C16H24N2O. The van der Waals surface area contributed by atoms with Crippen molar-refractivity contribution in [1.29, 1.82) is 0 Å². The van der Waals surface area contributed by atoms with E-state index < -0.39 is 5.41 Å². The molecule has 0 bridgehead atoms. The number of amides is 1. The van der Waals surface area contributed by atoms with Gasteiger partial charge in [-0.25, -0.2) is 0 Å². The van der Waals surface area contributed by atoms with Crippen LogP contribution in [0.2, 0.25) is 0 Å². The van der Waals surface area contributed by atoms with Crippen LogP contribution in [0.4, 0.5) is 0 Å². The number of primary amides is 1. The van der Waals surface area contributed by atoms with Crippen molar-refractivity contribution < 1.29 is 4.79 Å². The number of rotatable bonds is 5. The summed E-state index contributed by atoms with van der Waals surface area (Å²) in [5, 5.41) is 0. The lowest BCUT2D eigenvalue weighted by Gasteiger charge is -2.32. The molecule has 1 aromatic carbocycles. The molecule has 0 unspecified atom stereocenters. The Labute approximate surface area is 115 Å². The van der Waals surface area contributed by atoms with Crippen molar-refractivity contribution >= 4 is 5.91 Å². The maximum atomic E-state index is 11.9. The Morgan fingerprint density at radius 3 is 2.42 bits per heavy atom. The molecule has 1 fully saturated rings. The molecule has 2 rings (SSSR count). The zero-order valence-electron chi connectivity index (χ0n) is 11.8. The largest absolute Gasteiger partial charge is 0.369 e. The van der Waals surface area contributed by atoms with E-state index in [0.717, 1.165) is 31.6 Å². The molecule has 0 aliphatic carbocycles. The van der Waals surface area contributed by atoms with Crippen molar-refractivity contribution in [3.8, 4) is 0 Å². The second-order valence-corrected chi connectivity index (χ2v) is 5.71. The van der Waals surface area contributed by atoms with Crippen LogP contribution in [0, 0.1) is 0 Å². The van der Waals surface area contributed by atoms with Crippen molar-refractivity contribution in [3.05, 3.63) is 35.9 Å². The third-order valence-electron chi connectivity index (χ3n) is 4.33. The molecular weight excluding hydrogens is 236 g/mol. The molecule has 1 saturated heterocycles. The van der Waals surface area contributed by atoms with Crippen molar-refractivity contribution in [2.75, 3.05) is 19.6 Å². The Morgan fingerprint density at radius 2 is 1.84 bits per heavy atom. The van der Waals surface area contributed by atoms with Gasteiger partial charge in [0.05, 0.1) is 5.41 Å². The number of carbonyl (C=O) groups is 1. The number of hydrogen-bond acceptors (Lipinski definition) is 2. The van der Waals surface area contributed by atoms with Crippen LogP contribution in [0.5, 0.6) is 0 Å². The first-order valence-electron chi connectivity index (χ1n) is 7.21. The number of benzene rings is 1. The van der Waals surface area contributed by atoms with Gasteiger partial charge in [0.1, 0.15) is 0 Å². The van der Waals surface area contributed by atoms with Crippen molar-refractivity contribution in [2.45, 2.75) is 38.0 Å². The van der Waals surface area contributed by atoms with Crippen LogP contribution >= 0.6 is 0 Å². The summed E-state index contributed by atoms with van der Waals surface area (Å²) in [6.45, 7) is 5.23. The molecule has 0 radical (unpaired) electrons. The topological polar surface area (TPSA) is 46.3 Å². The van der Waals surface area contributed by atoms with Gasteiger partial charge in [0.2, 0.25) is 5.91 Å². The van der Waals surface area contributed by atoms with Gasteiger partial charge in [-0.05, 0) is 51.4 Å². The van der Waals surface area contributed by atoms with Gasteiger partial charge in [-0.15, -0.1) is 0 Å². The highest BCUT2D eigenvalue weighted by Crippen LogP contribution is 2.28. The normalized spacial score (nSPS) is 19.8. The number of hydrogen-bond donors (Lipinski definition) is 1. The summed E-state index contributed by atoms with van der Waals surface area (Å²) in [5.41, 5.74) is 6.13. The number of piperidine rings is 1. The minimum atomic E-state index is -0.557. The van der Waals surface area contributed by atoms with E-state index in [4.69, 9.17) is 5.73 Å². The standard InChI is InChI=1S/C16H24N2O/c1-16(15(17)19,14-8-4-2-5-9-14)10-13-18-11-6-3-7-12-18/h2,4-5,8-9H,3,6-7,10-13H2,1H3,(H2,17,19)/t16-/m0/s1. The lowest BCUT2D eigenvalue weighted by Crippen LogP contribution is -2.42. The van der Waals surface area contributed by atoms with E-state index in [1.165, 1.54) is 19.3 Å². The van der Waals surface area contributed by atoms with Crippen LogP contribution < -0.4 is 5.73 Å². The third kappa shape index (κ3) is 3.35. The maximum Gasteiger partial charge on any atom is 0.227 e. The molecule has 1 aliphatic rings. The van der Waals surface area contributed by atoms with E-state index in [-0.39, 0.29) is 5.91 Å². The molecule has 1 aliphatic heterocycles. The minimum Gasteiger partial charge on any atom is -0.369 e. The minimum absolute atomic E-state index is 0.226. The molecule has 1 heterocycles. The van der Waals surface area contributed by atoms with Crippen LogP contribution in [0.1, 0.15) is 38.2 Å². The van der Waals surface area contributed by atoms with Gasteiger partial charge < -0.3 is 10.6 Å². The van der Waals surface area contributed by atoms with E-state index >= 15 is 0 Å². The average molecular weight is 260 g/mol. The van der Waals surface area contributed by atoms with Gasteiger partial charge in [-0.1, -0.05) is 36.8 Å². The molecule has 0 spiro atoms. The molecule has 19 heavy (non-hydrogen) atoms. The van der Waals surface area contributed by atoms with Crippen LogP contribution in [0.15, 0.2) is 30.3 Å². The number of likely N-dealkylation sites (tertiary alicyclic amines) is 1. The fourth-order valence-corrected chi connectivity index (χ4v) is 2.78. The highest BCUT2D eigenvalue weighted by molar-refractivity contribution is 5.86. The zero-order chi connectivity index (χ0) is 13.7. The molecule has 1 aromatic rings. The summed E-state index contributed by atoms with van der Waals surface area (Å²) in [5.74, 6) is -0.226. The number of nitrogens with two attached hydrogens (primary N) is 1. The van der Waals surface area contributed by atoms with Crippen molar-refractivity contribution in [1.82, 2.24) is 4.90 Å². The van der Waals surface area contributed by atoms with Crippen molar-refractivity contribution in [2.24, 2.45) is 5.73 Å². The Balaban J connectivity index is 2.05. The van der Waals surface area contributed by atoms with E-state index in [1.807, 2.05) is 37.3 Å². The van der Waals surface area contributed by atoms with Crippen LogP contribution in [-0.4, -0.2) is 30.4 Å². The SMILES string of the molecule is C[C@@](CCN1CCCCC1)(C(N)=O)c1ccccc1. The monoisotopic (exact) mass is 260 g/mol. The quantitative estimate of drug-likeness (QED) is 0.883. The predicted molar refractivity (Wildman–Crippen MR) is 77.9 cm³/mol. The van der Waals surface area contributed by atoms with Crippen LogP contribution in [-0.2, 0) is 10.2 Å². The summed E-state index contributed by atoms with van der Waals surface area (Å²) < 4.78 is 0. The van der Waals surface area contributed by atoms with E-state index in [9.17, 15) is 4.79 Å². The number of carbonyl (C=O) groups excluding carboxylic acids is 1. The summed E-state index contributed by atoms with van der Waals surface area (Å²) in [7, 11) is 0. The fourth-order valence-electron chi connectivity index (χ4n) is 2.78. The summed E-state index contributed by atoms with van der Waals surface area (Å²) in [4.78, 5) is 14.4. The lowest BCUT2D eigenvalue weighted by molar-refractivity contribution is -0.123. The van der Waals surface area contributed by atoms with Gasteiger partial charge >= 0.3 is 0 Å². The second-order valence-electron chi connectivity index (χ2n) is 5.71. The fraction of sp³-hybridized carbons (Fsp3) is 0.562. The van der Waals surface area contributed by atoms with Crippen LogP contribution in [0.25, 0.3) is 0 Å². The molecule has 0 saturated carbocycles. The predicted octanol–water partition coefficient (Wildman–Crippen LogP) is 2.31. The highest BCUT2D eigenvalue weighted by atomic mass is 16.1. The van der Waals surface area contributed by atoms with Crippen LogP contribution in [0.3, 0.4) is 0 Å². The smallest absolute Gasteiger partial charge is 0.227 e. The molecule has 1 amide bonds. The first-order chi connectivity index (χ1) is 9.13. The Hall–Kier alpha value is -1.35. The first kappa shape index (κ1) is 14.1. The van der Waals surface area contributed by atoms with Gasteiger partial charge in [-0.2, -0.15) is 0 Å². The molecule has 0 aromatic heterocycles.